The first kappa shape index (κ1) is 16.1. The van der Waals surface area contributed by atoms with Gasteiger partial charge in [-0.25, -0.2) is 9.97 Å². The zero-order valence-corrected chi connectivity index (χ0v) is 14.6. The smallest absolute Gasteiger partial charge is 0.180 e. The molecule has 0 aliphatic heterocycles. The lowest BCUT2D eigenvalue weighted by atomic mass is 10.2. The van der Waals surface area contributed by atoms with Crippen molar-refractivity contribution in [2.75, 3.05) is 19.0 Å². The first-order valence-corrected chi connectivity index (χ1v) is 7.95. The molecular formula is C15H19IN4O. The van der Waals surface area contributed by atoms with Crippen LogP contribution in [-0.2, 0) is 11.3 Å². The molecule has 2 rings (SSSR count). The molecule has 0 atom stereocenters. The number of nitrogens with one attached hydrogen (secondary N) is 1. The Morgan fingerprint density at radius 1 is 1.29 bits per heavy atom. The van der Waals surface area contributed by atoms with Crippen molar-refractivity contribution in [2.45, 2.75) is 26.9 Å². The Hall–Kier alpha value is -1.28. The normalized spacial score (nSPS) is 10.7. The third-order valence-electron chi connectivity index (χ3n) is 2.88. The standard InChI is InChI=1S/C15H19IN4O/c1-4-7-17-15-13(16)12(9-21-3)19-14(20-15)11-6-5-10(2)8-18-11/h5-6,8H,4,7,9H2,1-3H3,(H,17,19,20). The lowest BCUT2D eigenvalue weighted by Crippen LogP contribution is -2.10. The van der Waals surface area contributed by atoms with Gasteiger partial charge in [0.15, 0.2) is 5.82 Å². The molecule has 0 fully saturated rings. The second kappa shape index (κ2) is 7.65. The molecule has 2 aromatic heterocycles. The average molecular weight is 398 g/mol. The number of hydrogen-bond donors (Lipinski definition) is 1. The predicted molar refractivity (Wildman–Crippen MR) is 92.2 cm³/mol. The first-order chi connectivity index (χ1) is 10.2. The Morgan fingerprint density at radius 3 is 2.71 bits per heavy atom. The molecule has 0 aliphatic carbocycles. The maximum absolute atomic E-state index is 5.23. The van der Waals surface area contributed by atoms with Crippen LogP contribution >= 0.6 is 22.6 Å². The molecular weight excluding hydrogens is 379 g/mol. The minimum Gasteiger partial charge on any atom is -0.378 e. The summed E-state index contributed by atoms with van der Waals surface area (Å²) in [5.74, 6) is 1.47. The van der Waals surface area contributed by atoms with Crippen molar-refractivity contribution in [3.05, 3.63) is 33.2 Å². The molecule has 6 heteroatoms. The summed E-state index contributed by atoms with van der Waals surface area (Å²) in [6.45, 7) is 5.47. The SMILES string of the molecule is CCCNc1nc(-c2ccc(C)cn2)nc(COC)c1I. The van der Waals surface area contributed by atoms with E-state index in [-0.39, 0.29) is 0 Å². The number of aryl methyl sites for hydroxylation is 1. The molecule has 21 heavy (non-hydrogen) atoms. The van der Waals surface area contributed by atoms with Crippen molar-refractivity contribution >= 4 is 28.4 Å². The monoisotopic (exact) mass is 398 g/mol. The minimum atomic E-state index is 0.459. The fourth-order valence-electron chi connectivity index (χ4n) is 1.80. The van der Waals surface area contributed by atoms with Gasteiger partial charge in [-0.3, -0.25) is 4.98 Å². The van der Waals surface area contributed by atoms with E-state index < -0.39 is 0 Å². The summed E-state index contributed by atoms with van der Waals surface area (Å²) >= 11 is 2.26. The van der Waals surface area contributed by atoms with Gasteiger partial charge in [-0.15, -0.1) is 0 Å². The van der Waals surface area contributed by atoms with Crippen LogP contribution in [0.2, 0.25) is 0 Å². The third-order valence-corrected chi connectivity index (χ3v) is 4.02. The summed E-state index contributed by atoms with van der Waals surface area (Å²) in [6, 6.07) is 3.95. The molecule has 1 N–H and O–H groups in total. The number of rotatable bonds is 6. The van der Waals surface area contributed by atoms with Crippen LogP contribution in [0.5, 0.6) is 0 Å². The van der Waals surface area contributed by atoms with Gasteiger partial charge in [0, 0.05) is 19.9 Å². The van der Waals surface area contributed by atoms with Gasteiger partial charge in [0.05, 0.1) is 15.9 Å². The van der Waals surface area contributed by atoms with Crippen LogP contribution in [0.3, 0.4) is 0 Å². The van der Waals surface area contributed by atoms with E-state index >= 15 is 0 Å². The van der Waals surface area contributed by atoms with Gasteiger partial charge >= 0.3 is 0 Å². The van der Waals surface area contributed by atoms with E-state index in [1.807, 2.05) is 25.3 Å². The largest absolute Gasteiger partial charge is 0.378 e. The molecule has 0 unspecified atom stereocenters. The number of anilines is 1. The Bertz CT molecular complexity index is 601. The van der Waals surface area contributed by atoms with Gasteiger partial charge < -0.3 is 10.1 Å². The summed E-state index contributed by atoms with van der Waals surface area (Å²) in [5, 5.41) is 3.34. The van der Waals surface area contributed by atoms with E-state index in [9.17, 15) is 0 Å². The number of nitrogens with zero attached hydrogens (tertiary/aromatic N) is 3. The highest BCUT2D eigenvalue weighted by Crippen LogP contribution is 2.23. The lowest BCUT2D eigenvalue weighted by molar-refractivity contribution is 0.181. The average Bonchev–Trinajstić information content (AvgIpc) is 2.49. The van der Waals surface area contributed by atoms with Gasteiger partial charge in [-0.1, -0.05) is 13.0 Å². The molecule has 0 amide bonds. The minimum absolute atomic E-state index is 0.459. The maximum Gasteiger partial charge on any atom is 0.180 e. The summed E-state index contributed by atoms with van der Waals surface area (Å²) < 4.78 is 6.23. The second-order valence-electron chi connectivity index (χ2n) is 4.74. The predicted octanol–water partition coefficient (Wildman–Crippen LogP) is 3.42. The van der Waals surface area contributed by atoms with Gasteiger partial charge in [0.1, 0.15) is 11.5 Å². The number of hydrogen-bond acceptors (Lipinski definition) is 5. The second-order valence-corrected chi connectivity index (χ2v) is 5.82. The van der Waals surface area contributed by atoms with Crippen molar-refractivity contribution < 1.29 is 4.74 Å². The van der Waals surface area contributed by atoms with Crippen LogP contribution < -0.4 is 5.32 Å². The highest BCUT2D eigenvalue weighted by molar-refractivity contribution is 14.1. The fourth-order valence-corrected chi connectivity index (χ4v) is 2.39. The van der Waals surface area contributed by atoms with Gasteiger partial charge in [0.2, 0.25) is 0 Å². The molecule has 0 aliphatic rings. The first-order valence-electron chi connectivity index (χ1n) is 6.88. The zero-order valence-electron chi connectivity index (χ0n) is 12.5. The number of ether oxygens (including phenoxy) is 1. The molecule has 2 heterocycles. The fraction of sp³-hybridized carbons (Fsp3) is 0.400. The molecule has 0 saturated carbocycles. The van der Waals surface area contributed by atoms with Crippen molar-refractivity contribution in [1.29, 1.82) is 0 Å². The van der Waals surface area contributed by atoms with Crippen LogP contribution in [0.1, 0.15) is 24.6 Å². The lowest BCUT2D eigenvalue weighted by Gasteiger charge is -2.12. The molecule has 0 spiro atoms. The van der Waals surface area contributed by atoms with Crippen LogP contribution in [0, 0.1) is 10.5 Å². The van der Waals surface area contributed by atoms with Crippen LogP contribution in [-0.4, -0.2) is 28.6 Å². The molecule has 2 aromatic rings. The Labute approximate surface area is 138 Å². The summed E-state index contributed by atoms with van der Waals surface area (Å²) in [4.78, 5) is 13.6. The molecule has 0 bridgehead atoms. The number of methoxy groups -OCH3 is 1. The molecule has 0 aromatic carbocycles. The highest BCUT2D eigenvalue weighted by Gasteiger charge is 2.13. The van der Waals surface area contributed by atoms with E-state index in [0.29, 0.717) is 12.4 Å². The van der Waals surface area contributed by atoms with E-state index in [2.05, 4.69) is 49.8 Å². The topological polar surface area (TPSA) is 59.9 Å². The number of aromatic nitrogens is 3. The molecule has 0 radical (unpaired) electrons. The zero-order chi connectivity index (χ0) is 15.2. The number of halogens is 1. The Morgan fingerprint density at radius 2 is 2.10 bits per heavy atom. The summed E-state index contributed by atoms with van der Waals surface area (Å²) in [6.07, 6.45) is 2.86. The Balaban J connectivity index is 2.44. The van der Waals surface area contributed by atoms with Crippen LogP contribution in [0.25, 0.3) is 11.5 Å². The van der Waals surface area contributed by atoms with E-state index in [1.54, 1.807) is 7.11 Å². The quantitative estimate of drug-likeness (QED) is 0.756. The maximum atomic E-state index is 5.23. The molecule has 112 valence electrons. The van der Waals surface area contributed by atoms with Crippen molar-refractivity contribution in [3.63, 3.8) is 0 Å². The van der Waals surface area contributed by atoms with E-state index in [0.717, 1.165) is 39.3 Å². The molecule has 5 nitrogen and oxygen atoms in total. The van der Waals surface area contributed by atoms with Crippen molar-refractivity contribution in [2.24, 2.45) is 0 Å². The van der Waals surface area contributed by atoms with Gasteiger partial charge in [-0.2, -0.15) is 0 Å². The van der Waals surface area contributed by atoms with Gasteiger partial charge in [-0.05, 0) is 47.6 Å². The van der Waals surface area contributed by atoms with E-state index in [4.69, 9.17) is 4.74 Å². The number of pyridine rings is 1. The summed E-state index contributed by atoms with van der Waals surface area (Å²) in [5.41, 5.74) is 2.77. The molecule has 0 saturated heterocycles. The third kappa shape index (κ3) is 4.10. The van der Waals surface area contributed by atoms with Crippen LogP contribution in [0.4, 0.5) is 5.82 Å². The Kier molecular flexibility index (Phi) is 5.86. The van der Waals surface area contributed by atoms with Gasteiger partial charge in [0.25, 0.3) is 0 Å². The van der Waals surface area contributed by atoms with E-state index in [1.165, 1.54) is 0 Å². The van der Waals surface area contributed by atoms with Crippen molar-refractivity contribution in [1.82, 2.24) is 15.0 Å². The van der Waals surface area contributed by atoms with Crippen molar-refractivity contribution in [3.8, 4) is 11.5 Å². The highest BCUT2D eigenvalue weighted by atomic mass is 127. The summed E-state index contributed by atoms with van der Waals surface area (Å²) in [7, 11) is 1.67. The van der Waals surface area contributed by atoms with Crippen LogP contribution in [0.15, 0.2) is 18.3 Å².